The molecule has 0 aliphatic rings. The van der Waals surface area contributed by atoms with Crippen LogP contribution in [0.15, 0.2) is 45.5 Å². The molecule has 2 amide bonds. The summed E-state index contributed by atoms with van der Waals surface area (Å²) in [5, 5.41) is 14.1. The first-order chi connectivity index (χ1) is 9.58. The highest BCUT2D eigenvalue weighted by molar-refractivity contribution is 9.10. The molecule has 0 unspecified atom stereocenters. The van der Waals surface area contributed by atoms with Gasteiger partial charge in [-0.2, -0.15) is 0 Å². The number of halogens is 1. The monoisotopic (exact) mass is 338 g/mol. The molecule has 1 aromatic carbocycles. The molecular weight excluding hydrogens is 328 g/mol. The van der Waals surface area contributed by atoms with Crippen LogP contribution >= 0.6 is 15.9 Å². The number of urea groups is 1. The van der Waals surface area contributed by atoms with Gasteiger partial charge in [-0.3, -0.25) is 0 Å². The Morgan fingerprint density at radius 3 is 2.70 bits per heavy atom. The predicted molar refractivity (Wildman–Crippen MR) is 75.7 cm³/mol. The summed E-state index contributed by atoms with van der Waals surface area (Å²) in [7, 11) is 0. The maximum atomic E-state index is 11.8. The van der Waals surface area contributed by atoms with Gasteiger partial charge in [-0.05, 0) is 40.2 Å². The van der Waals surface area contributed by atoms with E-state index in [1.54, 1.807) is 24.3 Å². The zero-order valence-electron chi connectivity index (χ0n) is 10.2. The third-order valence-electron chi connectivity index (χ3n) is 2.49. The number of carbonyl (C=O) groups excluding carboxylic acids is 1. The number of aromatic carboxylic acids is 1. The van der Waals surface area contributed by atoms with Crippen molar-refractivity contribution in [1.82, 2.24) is 5.32 Å². The van der Waals surface area contributed by atoms with E-state index in [0.717, 1.165) is 0 Å². The topological polar surface area (TPSA) is 91.6 Å². The summed E-state index contributed by atoms with van der Waals surface area (Å²) in [6.45, 7) is 0.214. The smallest absolute Gasteiger partial charge is 0.337 e. The average molecular weight is 339 g/mol. The molecule has 0 fully saturated rings. The molecule has 0 bridgehead atoms. The van der Waals surface area contributed by atoms with Crippen LogP contribution in [0.1, 0.15) is 16.1 Å². The SMILES string of the molecule is O=C(NCc1ccco1)Nc1c(Br)cccc1C(=O)O. The highest BCUT2D eigenvalue weighted by atomic mass is 79.9. The Balaban J connectivity index is 2.06. The lowest BCUT2D eigenvalue weighted by Crippen LogP contribution is -2.29. The van der Waals surface area contributed by atoms with Crippen molar-refractivity contribution in [2.24, 2.45) is 0 Å². The van der Waals surface area contributed by atoms with Crippen molar-refractivity contribution in [3.05, 3.63) is 52.4 Å². The second-order valence-electron chi connectivity index (χ2n) is 3.85. The predicted octanol–water partition coefficient (Wildman–Crippen LogP) is 3.06. The number of furan rings is 1. The highest BCUT2D eigenvalue weighted by Gasteiger charge is 2.15. The van der Waals surface area contributed by atoms with Crippen LogP contribution < -0.4 is 10.6 Å². The molecule has 1 aromatic heterocycles. The highest BCUT2D eigenvalue weighted by Crippen LogP contribution is 2.26. The fraction of sp³-hybridized carbons (Fsp3) is 0.0769. The molecule has 0 atom stereocenters. The molecule has 0 radical (unpaired) electrons. The Morgan fingerprint density at radius 1 is 1.25 bits per heavy atom. The van der Waals surface area contributed by atoms with Crippen LogP contribution in [-0.2, 0) is 6.54 Å². The van der Waals surface area contributed by atoms with Crippen molar-refractivity contribution in [2.45, 2.75) is 6.54 Å². The average Bonchev–Trinajstić information content (AvgIpc) is 2.91. The van der Waals surface area contributed by atoms with Crippen LogP contribution in [0.2, 0.25) is 0 Å². The van der Waals surface area contributed by atoms with Gasteiger partial charge in [0.25, 0.3) is 0 Å². The van der Waals surface area contributed by atoms with Crippen molar-refractivity contribution < 1.29 is 19.1 Å². The Morgan fingerprint density at radius 2 is 2.05 bits per heavy atom. The van der Waals surface area contributed by atoms with Crippen LogP contribution in [0, 0.1) is 0 Å². The standard InChI is InChI=1S/C13H11BrN2O4/c14-10-5-1-4-9(12(17)18)11(10)16-13(19)15-7-8-3-2-6-20-8/h1-6H,7H2,(H,17,18)(H2,15,16,19). The molecule has 0 spiro atoms. The minimum Gasteiger partial charge on any atom is -0.478 e. The zero-order valence-corrected chi connectivity index (χ0v) is 11.8. The first kappa shape index (κ1) is 14.1. The summed E-state index contributed by atoms with van der Waals surface area (Å²) in [5.74, 6) is -0.515. The van der Waals surface area contributed by atoms with E-state index in [2.05, 4.69) is 26.6 Å². The van der Waals surface area contributed by atoms with E-state index >= 15 is 0 Å². The molecule has 20 heavy (non-hydrogen) atoms. The summed E-state index contributed by atoms with van der Waals surface area (Å²) >= 11 is 3.21. The Labute approximate surface area is 122 Å². The van der Waals surface area contributed by atoms with Gasteiger partial charge in [-0.1, -0.05) is 6.07 Å². The first-order valence-electron chi connectivity index (χ1n) is 5.67. The molecule has 3 N–H and O–H groups in total. The number of para-hydroxylation sites is 1. The number of amides is 2. The molecule has 0 saturated carbocycles. The van der Waals surface area contributed by atoms with E-state index in [-0.39, 0.29) is 17.8 Å². The van der Waals surface area contributed by atoms with Gasteiger partial charge in [0.15, 0.2) is 0 Å². The van der Waals surface area contributed by atoms with E-state index < -0.39 is 12.0 Å². The van der Waals surface area contributed by atoms with Crippen molar-refractivity contribution >= 4 is 33.6 Å². The van der Waals surface area contributed by atoms with Crippen LogP contribution in [0.3, 0.4) is 0 Å². The largest absolute Gasteiger partial charge is 0.478 e. The summed E-state index contributed by atoms with van der Waals surface area (Å²) in [5.41, 5.74) is 0.212. The lowest BCUT2D eigenvalue weighted by molar-refractivity contribution is 0.0698. The summed E-state index contributed by atoms with van der Waals surface area (Å²) in [6.07, 6.45) is 1.51. The van der Waals surface area contributed by atoms with Gasteiger partial charge < -0.3 is 20.2 Å². The molecule has 7 heteroatoms. The summed E-state index contributed by atoms with van der Waals surface area (Å²) in [6, 6.07) is 7.56. The minimum absolute atomic E-state index is 0.00697. The second-order valence-corrected chi connectivity index (χ2v) is 4.71. The number of carboxylic acid groups (broad SMARTS) is 1. The van der Waals surface area contributed by atoms with Crippen LogP contribution in [-0.4, -0.2) is 17.1 Å². The lowest BCUT2D eigenvalue weighted by atomic mass is 10.2. The molecule has 0 aliphatic carbocycles. The van der Waals surface area contributed by atoms with Gasteiger partial charge in [0.2, 0.25) is 0 Å². The van der Waals surface area contributed by atoms with E-state index in [4.69, 9.17) is 9.52 Å². The number of hydrogen-bond donors (Lipinski definition) is 3. The maximum absolute atomic E-state index is 11.8. The van der Waals surface area contributed by atoms with Gasteiger partial charge in [-0.25, -0.2) is 9.59 Å². The van der Waals surface area contributed by atoms with Gasteiger partial charge in [-0.15, -0.1) is 0 Å². The number of benzene rings is 1. The first-order valence-corrected chi connectivity index (χ1v) is 6.46. The number of hydrogen-bond acceptors (Lipinski definition) is 3. The van der Waals surface area contributed by atoms with Gasteiger partial charge in [0.05, 0.1) is 24.1 Å². The fourth-order valence-corrected chi connectivity index (χ4v) is 2.03. The van der Waals surface area contributed by atoms with Crippen LogP contribution in [0.25, 0.3) is 0 Å². The molecule has 0 aliphatic heterocycles. The van der Waals surface area contributed by atoms with Crippen molar-refractivity contribution in [2.75, 3.05) is 5.32 Å². The van der Waals surface area contributed by atoms with Crippen LogP contribution in [0.4, 0.5) is 10.5 Å². The zero-order chi connectivity index (χ0) is 14.5. The number of carboxylic acids is 1. The molecular formula is C13H11BrN2O4. The lowest BCUT2D eigenvalue weighted by Gasteiger charge is -2.11. The van der Waals surface area contributed by atoms with Gasteiger partial charge >= 0.3 is 12.0 Å². The quantitative estimate of drug-likeness (QED) is 0.798. The normalized spacial score (nSPS) is 10.1. The molecule has 2 rings (SSSR count). The Hall–Kier alpha value is -2.28. The number of rotatable bonds is 4. The maximum Gasteiger partial charge on any atom is 0.337 e. The van der Waals surface area contributed by atoms with Gasteiger partial charge in [0, 0.05) is 4.47 Å². The van der Waals surface area contributed by atoms with E-state index in [0.29, 0.717) is 10.2 Å². The number of anilines is 1. The van der Waals surface area contributed by atoms with E-state index in [9.17, 15) is 9.59 Å². The van der Waals surface area contributed by atoms with Crippen LogP contribution in [0.5, 0.6) is 0 Å². The summed E-state index contributed by atoms with van der Waals surface area (Å²) in [4.78, 5) is 22.8. The minimum atomic E-state index is -1.12. The third kappa shape index (κ3) is 3.39. The summed E-state index contributed by atoms with van der Waals surface area (Å²) < 4.78 is 5.57. The van der Waals surface area contributed by atoms with E-state index in [1.165, 1.54) is 12.3 Å². The van der Waals surface area contributed by atoms with Crippen molar-refractivity contribution in [3.8, 4) is 0 Å². The van der Waals surface area contributed by atoms with Crippen molar-refractivity contribution in [1.29, 1.82) is 0 Å². The third-order valence-corrected chi connectivity index (χ3v) is 3.15. The Kier molecular flexibility index (Phi) is 4.41. The molecule has 2 aromatic rings. The van der Waals surface area contributed by atoms with E-state index in [1.807, 2.05) is 0 Å². The Bertz CT molecular complexity index is 625. The van der Waals surface area contributed by atoms with Gasteiger partial charge in [0.1, 0.15) is 5.76 Å². The molecule has 104 valence electrons. The molecule has 1 heterocycles. The van der Waals surface area contributed by atoms with Crippen molar-refractivity contribution in [3.63, 3.8) is 0 Å². The second kappa shape index (κ2) is 6.25. The number of carbonyl (C=O) groups is 2. The molecule has 6 nitrogen and oxygen atoms in total. The molecule has 0 saturated heterocycles. The fourth-order valence-electron chi connectivity index (χ4n) is 1.57. The number of nitrogens with one attached hydrogen (secondary N) is 2.